The third kappa shape index (κ3) is 4.81. The normalized spacial score (nSPS) is 14.4. The van der Waals surface area contributed by atoms with Crippen molar-refractivity contribution < 1.29 is 9.59 Å². The number of benzene rings is 3. The molecule has 0 unspecified atom stereocenters. The maximum atomic E-state index is 12.5. The van der Waals surface area contributed by atoms with Crippen molar-refractivity contribution in [2.24, 2.45) is 0 Å². The van der Waals surface area contributed by atoms with Gasteiger partial charge in [-0.1, -0.05) is 48.5 Å². The van der Waals surface area contributed by atoms with Crippen molar-refractivity contribution in [3.63, 3.8) is 0 Å². The van der Waals surface area contributed by atoms with E-state index in [0.29, 0.717) is 11.3 Å². The van der Waals surface area contributed by atoms with E-state index in [4.69, 9.17) is 0 Å². The molecule has 3 N–H and O–H groups in total. The zero-order valence-electron chi connectivity index (χ0n) is 16.4. The molecule has 0 spiro atoms. The van der Waals surface area contributed by atoms with Gasteiger partial charge in [-0.3, -0.25) is 9.59 Å². The van der Waals surface area contributed by atoms with Crippen molar-refractivity contribution >= 4 is 28.3 Å². The SMILES string of the molecule is C[C@H](NCC(=O)Nc1ccccc1C(=O)NC1CC1)c1ccc2ccccc2c1. The van der Waals surface area contributed by atoms with Crippen LogP contribution in [0.15, 0.2) is 66.7 Å². The molecule has 5 nitrogen and oxygen atoms in total. The Morgan fingerprint density at radius 2 is 1.69 bits per heavy atom. The number of para-hydroxylation sites is 1. The number of nitrogens with one attached hydrogen (secondary N) is 3. The van der Waals surface area contributed by atoms with Gasteiger partial charge in [-0.05, 0) is 54.3 Å². The number of carbonyl (C=O) groups excluding carboxylic acids is 2. The van der Waals surface area contributed by atoms with E-state index in [-0.39, 0.29) is 30.4 Å². The van der Waals surface area contributed by atoms with Gasteiger partial charge in [0.05, 0.1) is 17.8 Å². The van der Waals surface area contributed by atoms with Crippen LogP contribution in [0.2, 0.25) is 0 Å². The molecular formula is C24H25N3O2. The van der Waals surface area contributed by atoms with E-state index in [0.717, 1.165) is 18.4 Å². The van der Waals surface area contributed by atoms with Crippen LogP contribution < -0.4 is 16.0 Å². The molecule has 0 heterocycles. The summed E-state index contributed by atoms with van der Waals surface area (Å²) >= 11 is 0. The van der Waals surface area contributed by atoms with Crippen molar-refractivity contribution in [3.05, 3.63) is 77.9 Å². The molecule has 1 fully saturated rings. The van der Waals surface area contributed by atoms with E-state index < -0.39 is 0 Å². The third-order valence-electron chi connectivity index (χ3n) is 5.20. The van der Waals surface area contributed by atoms with Crippen molar-refractivity contribution in [3.8, 4) is 0 Å². The first-order valence-electron chi connectivity index (χ1n) is 10.0. The van der Waals surface area contributed by atoms with E-state index in [1.54, 1.807) is 18.2 Å². The van der Waals surface area contributed by atoms with Gasteiger partial charge in [0.1, 0.15) is 0 Å². The molecule has 1 aliphatic carbocycles. The Hall–Kier alpha value is -3.18. The van der Waals surface area contributed by atoms with Gasteiger partial charge in [-0.25, -0.2) is 0 Å². The van der Waals surface area contributed by atoms with E-state index in [1.807, 2.05) is 25.1 Å². The number of fused-ring (bicyclic) bond motifs is 1. The zero-order chi connectivity index (χ0) is 20.2. The molecule has 1 aliphatic rings. The summed E-state index contributed by atoms with van der Waals surface area (Å²) in [5.41, 5.74) is 2.16. The first-order valence-corrected chi connectivity index (χ1v) is 10.0. The maximum absolute atomic E-state index is 12.5. The van der Waals surface area contributed by atoms with Gasteiger partial charge >= 0.3 is 0 Å². The highest BCUT2D eigenvalue weighted by Gasteiger charge is 2.25. The molecule has 4 rings (SSSR count). The predicted octanol–water partition coefficient (Wildman–Crippen LogP) is 4.02. The summed E-state index contributed by atoms with van der Waals surface area (Å²) in [6, 6.07) is 21.9. The Kier molecular flexibility index (Phi) is 5.58. The largest absolute Gasteiger partial charge is 0.349 e. The van der Waals surface area contributed by atoms with Crippen LogP contribution in [0.25, 0.3) is 10.8 Å². The molecule has 0 aromatic heterocycles. The molecule has 0 bridgehead atoms. The lowest BCUT2D eigenvalue weighted by molar-refractivity contribution is -0.115. The van der Waals surface area contributed by atoms with Crippen LogP contribution in [0, 0.1) is 0 Å². The monoisotopic (exact) mass is 387 g/mol. The smallest absolute Gasteiger partial charge is 0.253 e. The lowest BCUT2D eigenvalue weighted by Gasteiger charge is -2.16. The summed E-state index contributed by atoms with van der Waals surface area (Å²) < 4.78 is 0. The van der Waals surface area contributed by atoms with Crippen molar-refractivity contribution in [1.82, 2.24) is 10.6 Å². The van der Waals surface area contributed by atoms with Crippen molar-refractivity contribution in [2.45, 2.75) is 31.8 Å². The average molecular weight is 387 g/mol. The molecular weight excluding hydrogens is 362 g/mol. The second-order valence-corrected chi connectivity index (χ2v) is 7.55. The van der Waals surface area contributed by atoms with Crippen LogP contribution >= 0.6 is 0 Å². The van der Waals surface area contributed by atoms with Gasteiger partial charge in [0.15, 0.2) is 0 Å². The van der Waals surface area contributed by atoms with Crippen LogP contribution in [0.1, 0.15) is 41.7 Å². The highest BCUT2D eigenvalue weighted by Crippen LogP contribution is 2.22. The Balaban J connectivity index is 1.36. The molecule has 3 aromatic rings. The van der Waals surface area contributed by atoms with E-state index in [1.165, 1.54) is 10.8 Å². The summed E-state index contributed by atoms with van der Waals surface area (Å²) in [4.78, 5) is 24.8. The van der Waals surface area contributed by atoms with E-state index >= 15 is 0 Å². The number of carbonyl (C=O) groups is 2. The first-order chi connectivity index (χ1) is 14.1. The molecule has 3 aromatic carbocycles. The molecule has 29 heavy (non-hydrogen) atoms. The number of hydrogen-bond donors (Lipinski definition) is 3. The fourth-order valence-electron chi connectivity index (χ4n) is 3.32. The van der Waals surface area contributed by atoms with Crippen LogP contribution in [-0.2, 0) is 4.79 Å². The highest BCUT2D eigenvalue weighted by atomic mass is 16.2. The predicted molar refractivity (Wildman–Crippen MR) is 116 cm³/mol. The summed E-state index contributed by atoms with van der Waals surface area (Å²) in [5, 5.41) is 11.5. The minimum Gasteiger partial charge on any atom is -0.349 e. The lowest BCUT2D eigenvalue weighted by Crippen LogP contribution is -2.31. The maximum Gasteiger partial charge on any atom is 0.253 e. The second kappa shape index (κ2) is 8.45. The first kappa shape index (κ1) is 19.2. The highest BCUT2D eigenvalue weighted by molar-refractivity contribution is 6.04. The Morgan fingerprint density at radius 1 is 0.966 bits per heavy atom. The molecule has 5 heteroatoms. The van der Waals surface area contributed by atoms with Gasteiger partial charge in [0, 0.05) is 12.1 Å². The summed E-state index contributed by atoms with van der Waals surface area (Å²) in [7, 11) is 0. The Bertz CT molecular complexity index is 1040. The number of anilines is 1. The zero-order valence-corrected chi connectivity index (χ0v) is 16.4. The van der Waals surface area contributed by atoms with Crippen molar-refractivity contribution in [2.75, 3.05) is 11.9 Å². The fraction of sp³-hybridized carbons (Fsp3) is 0.250. The third-order valence-corrected chi connectivity index (χ3v) is 5.20. The molecule has 0 radical (unpaired) electrons. The van der Waals surface area contributed by atoms with E-state index in [9.17, 15) is 9.59 Å². The van der Waals surface area contributed by atoms with Gasteiger partial charge < -0.3 is 16.0 Å². The quantitative estimate of drug-likeness (QED) is 0.573. The Morgan fingerprint density at radius 3 is 2.48 bits per heavy atom. The topological polar surface area (TPSA) is 70.2 Å². The molecule has 1 saturated carbocycles. The summed E-state index contributed by atoms with van der Waals surface area (Å²) in [5.74, 6) is -0.315. The average Bonchev–Trinajstić information content (AvgIpc) is 3.56. The second-order valence-electron chi connectivity index (χ2n) is 7.55. The molecule has 1 atom stereocenters. The molecule has 148 valence electrons. The Labute approximate surface area is 170 Å². The van der Waals surface area contributed by atoms with Gasteiger partial charge in [0.2, 0.25) is 5.91 Å². The van der Waals surface area contributed by atoms with Crippen LogP contribution in [-0.4, -0.2) is 24.4 Å². The minimum atomic E-state index is -0.177. The molecule has 2 amide bonds. The summed E-state index contributed by atoms with van der Waals surface area (Å²) in [6.07, 6.45) is 2.05. The fourth-order valence-corrected chi connectivity index (χ4v) is 3.32. The van der Waals surface area contributed by atoms with Crippen LogP contribution in [0.5, 0.6) is 0 Å². The minimum absolute atomic E-state index is 0.0266. The molecule has 0 aliphatic heterocycles. The van der Waals surface area contributed by atoms with Gasteiger partial charge in [-0.2, -0.15) is 0 Å². The number of hydrogen-bond acceptors (Lipinski definition) is 3. The van der Waals surface area contributed by atoms with Crippen molar-refractivity contribution in [1.29, 1.82) is 0 Å². The van der Waals surface area contributed by atoms with E-state index in [2.05, 4.69) is 46.3 Å². The van der Waals surface area contributed by atoms with Crippen LogP contribution in [0.4, 0.5) is 5.69 Å². The number of amides is 2. The van der Waals surface area contributed by atoms with Gasteiger partial charge in [-0.15, -0.1) is 0 Å². The lowest BCUT2D eigenvalue weighted by atomic mass is 10.0. The standard InChI is InChI=1S/C24H25N3O2/c1-16(18-11-10-17-6-2-3-7-19(17)14-18)25-15-23(28)27-22-9-5-4-8-21(22)24(29)26-20-12-13-20/h2-11,14,16,20,25H,12-13,15H2,1H3,(H,26,29)(H,27,28)/t16-/m0/s1. The van der Waals surface area contributed by atoms with Gasteiger partial charge in [0.25, 0.3) is 5.91 Å². The summed E-state index contributed by atoms with van der Waals surface area (Å²) in [6.45, 7) is 2.20. The number of rotatable bonds is 7. The molecule has 0 saturated heterocycles. The van der Waals surface area contributed by atoms with Crippen LogP contribution in [0.3, 0.4) is 0 Å².